The summed E-state index contributed by atoms with van der Waals surface area (Å²) in [6.45, 7) is 2.32. The number of aliphatic hydroxyl groups excluding tert-OH is 1. The highest BCUT2D eigenvalue weighted by molar-refractivity contribution is 6.32. The highest BCUT2D eigenvalue weighted by Crippen LogP contribution is 2.23. The van der Waals surface area contributed by atoms with Gasteiger partial charge in [0.05, 0.1) is 18.2 Å². The van der Waals surface area contributed by atoms with Crippen LogP contribution < -0.4 is 15.4 Å². The third kappa shape index (κ3) is 5.25. The van der Waals surface area contributed by atoms with E-state index in [4.69, 9.17) is 21.4 Å². The number of benzene rings is 1. The average Bonchev–Trinajstić information content (AvgIpc) is 2.36. The smallest absolute Gasteiger partial charge is 0.315 e. The second kappa shape index (κ2) is 7.79. The molecule has 1 rings (SSSR count). The van der Waals surface area contributed by atoms with Crippen LogP contribution in [0.3, 0.4) is 0 Å². The van der Waals surface area contributed by atoms with Crippen LogP contribution in [0.15, 0.2) is 24.3 Å². The van der Waals surface area contributed by atoms with Crippen LogP contribution in [0.25, 0.3) is 0 Å². The molecule has 18 heavy (non-hydrogen) atoms. The summed E-state index contributed by atoms with van der Waals surface area (Å²) in [6, 6.07) is 6.82. The Balaban J connectivity index is 2.32. The first-order valence-corrected chi connectivity index (χ1v) is 6.05. The van der Waals surface area contributed by atoms with Crippen molar-refractivity contribution in [1.82, 2.24) is 10.6 Å². The van der Waals surface area contributed by atoms with E-state index in [-0.39, 0.29) is 25.3 Å². The fourth-order valence-corrected chi connectivity index (χ4v) is 1.45. The van der Waals surface area contributed by atoms with Gasteiger partial charge in [-0.25, -0.2) is 4.79 Å². The molecule has 2 amide bonds. The first-order valence-electron chi connectivity index (χ1n) is 5.67. The summed E-state index contributed by atoms with van der Waals surface area (Å²) in [5.74, 6) is 0.587. The molecule has 1 aromatic rings. The largest absolute Gasteiger partial charge is 0.487 e. The predicted octanol–water partition coefficient (Wildman–Crippen LogP) is 1.40. The minimum absolute atomic E-state index is 0.0842. The molecule has 0 saturated carbocycles. The van der Waals surface area contributed by atoms with Gasteiger partial charge in [0.2, 0.25) is 0 Å². The molecule has 1 aromatic carbocycles. The highest BCUT2D eigenvalue weighted by Gasteiger charge is 2.08. The van der Waals surface area contributed by atoms with Gasteiger partial charge in [-0.2, -0.15) is 0 Å². The Kier molecular flexibility index (Phi) is 6.32. The molecule has 0 aliphatic heterocycles. The number of ether oxygens (including phenoxy) is 1. The number of halogens is 1. The molecule has 0 spiro atoms. The second-order valence-electron chi connectivity index (χ2n) is 3.72. The number of urea groups is 1. The number of para-hydroxylation sites is 1. The van der Waals surface area contributed by atoms with Crippen LogP contribution in [0, 0.1) is 0 Å². The van der Waals surface area contributed by atoms with E-state index in [0.29, 0.717) is 17.3 Å². The molecular weight excluding hydrogens is 256 g/mol. The molecule has 0 aromatic heterocycles. The van der Waals surface area contributed by atoms with E-state index in [1.54, 1.807) is 12.1 Å². The Hall–Kier alpha value is -1.46. The molecule has 0 saturated heterocycles. The molecule has 100 valence electrons. The number of hydrogen-bond acceptors (Lipinski definition) is 3. The first-order chi connectivity index (χ1) is 8.63. The fraction of sp³-hybridized carbons (Fsp3) is 0.417. The number of carbonyl (C=O) groups is 1. The van der Waals surface area contributed by atoms with Gasteiger partial charge in [0.1, 0.15) is 11.9 Å². The van der Waals surface area contributed by atoms with Gasteiger partial charge >= 0.3 is 6.03 Å². The third-order valence-electron chi connectivity index (χ3n) is 2.11. The van der Waals surface area contributed by atoms with E-state index >= 15 is 0 Å². The van der Waals surface area contributed by atoms with Gasteiger partial charge < -0.3 is 20.5 Å². The van der Waals surface area contributed by atoms with Gasteiger partial charge in [0.25, 0.3) is 0 Å². The molecule has 0 fully saturated rings. The van der Waals surface area contributed by atoms with Crippen molar-refractivity contribution in [2.45, 2.75) is 13.0 Å². The molecule has 6 heteroatoms. The molecule has 5 nitrogen and oxygen atoms in total. The fourth-order valence-electron chi connectivity index (χ4n) is 1.27. The van der Waals surface area contributed by atoms with Crippen molar-refractivity contribution in [2.75, 3.05) is 19.7 Å². The molecular formula is C12H17ClN2O3. The van der Waals surface area contributed by atoms with E-state index in [2.05, 4.69) is 10.6 Å². The van der Waals surface area contributed by atoms with E-state index in [1.165, 1.54) is 0 Å². The number of carbonyl (C=O) groups excluding carboxylic acids is 1. The van der Waals surface area contributed by atoms with Gasteiger partial charge in [-0.15, -0.1) is 0 Å². The van der Waals surface area contributed by atoms with E-state index in [0.717, 1.165) is 0 Å². The van der Waals surface area contributed by atoms with Gasteiger partial charge in [0, 0.05) is 6.54 Å². The Labute approximate surface area is 111 Å². The summed E-state index contributed by atoms with van der Waals surface area (Å²) < 4.78 is 5.58. The third-order valence-corrected chi connectivity index (χ3v) is 2.42. The quantitative estimate of drug-likeness (QED) is 0.733. The maximum Gasteiger partial charge on any atom is 0.315 e. The van der Waals surface area contributed by atoms with Crippen LogP contribution in [0.2, 0.25) is 5.02 Å². The van der Waals surface area contributed by atoms with E-state index in [9.17, 15) is 4.79 Å². The topological polar surface area (TPSA) is 70.6 Å². The molecule has 0 radical (unpaired) electrons. The monoisotopic (exact) mass is 272 g/mol. The molecule has 3 N–H and O–H groups in total. The summed E-state index contributed by atoms with van der Waals surface area (Å²) in [5.41, 5.74) is 0. The average molecular weight is 273 g/mol. The van der Waals surface area contributed by atoms with Crippen LogP contribution in [-0.2, 0) is 0 Å². The van der Waals surface area contributed by atoms with Gasteiger partial charge in [-0.1, -0.05) is 23.7 Å². The lowest BCUT2D eigenvalue weighted by Crippen LogP contribution is -2.41. The van der Waals surface area contributed by atoms with Gasteiger partial charge in [-0.3, -0.25) is 0 Å². The minimum atomic E-state index is -0.335. The zero-order valence-corrected chi connectivity index (χ0v) is 10.9. The molecule has 0 heterocycles. The number of hydrogen-bond donors (Lipinski definition) is 3. The molecule has 0 aliphatic carbocycles. The highest BCUT2D eigenvalue weighted by atomic mass is 35.5. The number of nitrogens with one attached hydrogen (secondary N) is 2. The van der Waals surface area contributed by atoms with Crippen LogP contribution in [0.5, 0.6) is 5.75 Å². The van der Waals surface area contributed by atoms with Crippen molar-refractivity contribution < 1.29 is 14.6 Å². The lowest BCUT2D eigenvalue weighted by atomic mass is 10.3. The number of rotatable bonds is 6. The van der Waals surface area contributed by atoms with Crippen molar-refractivity contribution in [3.8, 4) is 5.75 Å². The standard InChI is InChI=1S/C12H17ClN2O3/c1-9(8-15-12(17)14-6-7-16)18-11-5-3-2-4-10(11)13/h2-5,9,16H,6-8H2,1H3,(H2,14,15,17). The minimum Gasteiger partial charge on any atom is -0.487 e. The van der Waals surface area contributed by atoms with Crippen molar-refractivity contribution in [1.29, 1.82) is 0 Å². The van der Waals surface area contributed by atoms with Crippen molar-refractivity contribution in [2.24, 2.45) is 0 Å². The molecule has 0 aliphatic rings. The lowest BCUT2D eigenvalue weighted by molar-refractivity contribution is 0.206. The van der Waals surface area contributed by atoms with E-state index < -0.39 is 0 Å². The second-order valence-corrected chi connectivity index (χ2v) is 4.13. The van der Waals surface area contributed by atoms with Gasteiger partial charge in [-0.05, 0) is 19.1 Å². The molecule has 0 bridgehead atoms. The van der Waals surface area contributed by atoms with Crippen LogP contribution in [0.4, 0.5) is 4.79 Å². The SMILES string of the molecule is CC(CNC(=O)NCCO)Oc1ccccc1Cl. The summed E-state index contributed by atoms with van der Waals surface area (Å²) in [7, 11) is 0. The summed E-state index contributed by atoms with van der Waals surface area (Å²) in [5, 5.41) is 14.2. The number of aliphatic hydroxyl groups is 1. The van der Waals surface area contributed by atoms with Crippen molar-refractivity contribution in [3.63, 3.8) is 0 Å². The summed E-state index contributed by atoms with van der Waals surface area (Å²) in [4.78, 5) is 11.2. The van der Waals surface area contributed by atoms with Crippen molar-refractivity contribution in [3.05, 3.63) is 29.3 Å². The molecule has 1 atom stereocenters. The lowest BCUT2D eigenvalue weighted by Gasteiger charge is -2.16. The van der Waals surface area contributed by atoms with E-state index in [1.807, 2.05) is 19.1 Å². The Bertz CT molecular complexity index is 387. The predicted molar refractivity (Wildman–Crippen MR) is 70.0 cm³/mol. The Morgan fingerprint density at radius 1 is 1.44 bits per heavy atom. The van der Waals surface area contributed by atoms with Crippen LogP contribution in [-0.4, -0.2) is 36.9 Å². The van der Waals surface area contributed by atoms with Crippen LogP contribution >= 0.6 is 11.6 Å². The maximum atomic E-state index is 11.2. The zero-order valence-electron chi connectivity index (χ0n) is 10.1. The summed E-state index contributed by atoms with van der Waals surface area (Å²) >= 11 is 5.95. The Morgan fingerprint density at radius 3 is 2.83 bits per heavy atom. The number of amides is 2. The maximum absolute atomic E-state index is 11.2. The van der Waals surface area contributed by atoms with Gasteiger partial charge in [0.15, 0.2) is 0 Å². The van der Waals surface area contributed by atoms with Crippen LogP contribution in [0.1, 0.15) is 6.92 Å². The first kappa shape index (κ1) is 14.6. The van der Waals surface area contributed by atoms with Crippen molar-refractivity contribution >= 4 is 17.6 Å². The Morgan fingerprint density at radius 2 is 2.17 bits per heavy atom. The normalized spacial score (nSPS) is 11.7. The molecule has 1 unspecified atom stereocenters. The zero-order chi connectivity index (χ0) is 13.4. The summed E-state index contributed by atoms with van der Waals surface area (Å²) in [6.07, 6.45) is -0.204.